The number of aryl methyl sites for hydroxylation is 2. The van der Waals surface area contributed by atoms with Gasteiger partial charge < -0.3 is 9.64 Å². The predicted molar refractivity (Wildman–Crippen MR) is 141 cm³/mol. The molecule has 1 saturated carbocycles. The van der Waals surface area contributed by atoms with Crippen molar-refractivity contribution in [3.05, 3.63) is 47.9 Å². The molecule has 1 N–H and O–H groups in total. The first kappa shape index (κ1) is 25.9. The van der Waals surface area contributed by atoms with Gasteiger partial charge in [0.15, 0.2) is 0 Å². The van der Waals surface area contributed by atoms with E-state index in [2.05, 4.69) is 33.1 Å². The van der Waals surface area contributed by atoms with E-state index >= 15 is 0 Å². The summed E-state index contributed by atoms with van der Waals surface area (Å²) in [5, 5.41) is 9.63. The first-order chi connectivity index (χ1) is 17.7. The Bertz CT molecular complexity index is 1360. The third kappa shape index (κ3) is 5.89. The van der Waals surface area contributed by atoms with Gasteiger partial charge in [-0.3, -0.25) is 14.2 Å². The molecular weight excluding hydrogens is 492 g/mol. The third-order valence-corrected chi connectivity index (χ3v) is 8.62. The molecule has 3 heterocycles. The molecule has 10 nitrogen and oxygen atoms in total. The fourth-order valence-corrected chi connectivity index (χ4v) is 6.68. The van der Waals surface area contributed by atoms with Gasteiger partial charge in [0.1, 0.15) is 5.69 Å². The summed E-state index contributed by atoms with van der Waals surface area (Å²) in [5.41, 5.74) is 3.02. The van der Waals surface area contributed by atoms with Crippen LogP contribution in [0.3, 0.4) is 0 Å². The summed E-state index contributed by atoms with van der Waals surface area (Å²) in [7, 11) is 0.337. The van der Waals surface area contributed by atoms with Crippen molar-refractivity contribution in [2.75, 3.05) is 26.0 Å². The Balaban J connectivity index is 1.19. The average Bonchev–Trinajstić information content (AvgIpc) is 3.47. The molecule has 2 atom stereocenters. The SMILES string of the molecule is Cn1nccc1C(=O)N1CCC(NS(C)(=O)=O)C(COC2CCC(c3ccc4c(cnn4C)c3)CC2)C1. The number of carbonyl (C=O) groups excluding carboxylic acids is 1. The van der Waals surface area contributed by atoms with Crippen LogP contribution < -0.4 is 4.72 Å². The van der Waals surface area contributed by atoms with Gasteiger partial charge in [0.2, 0.25) is 10.0 Å². The highest BCUT2D eigenvalue weighted by molar-refractivity contribution is 7.88. The molecular formula is C26H36N6O4S. The number of ether oxygens (including phenoxy) is 1. The van der Waals surface area contributed by atoms with Crippen LogP contribution in [0.15, 0.2) is 36.7 Å². The largest absolute Gasteiger partial charge is 0.378 e. The molecule has 200 valence electrons. The fraction of sp³-hybridized carbons (Fsp3) is 0.577. The summed E-state index contributed by atoms with van der Waals surface area (Å²) in [4.78, 5) is 14.8. The summed E-state index contributed by atoms with van der Waals surface area (Å²) in [6.45, 7) is 1.34. The van der Waals surface area contributed by atoms with Crippen molar-refractivity contribution in [2.45, 2.75) is 50.2 Å². The van der Waals surface area contributed by atoms with Crippen LogP contribution in [0.2, 0.25) is 0 Å². The van der Waals surface area contributed by atoms with Crippen LogP contribution in [0.5, 0.6) is 0 Å². The standard InChI is InChI=1S/C26H36N6O4S/c1-30-24-9-6-19(14-20(24)15-28-30)18-4-7-22(8-5-18)36-17-21-16-32(13-11-23(21)29-37(3,34)35)26(33)25-10-12-27-31(25)2/h6,9-10,12,14-15,18,21-23,29H,4-5,7-8,11,13,16-17H2,1-3H3. The first-order valence-electron chi connectivity index (χ1n) is 13.0. The molecule has 1 aromatic carbocycles. The zero-order valence-corrected chi connectivity index (χ0v) is 22.5. The molecule has 2 aromatic heterocycles. The van der Waals surface area contributed by atoms with Crippen molar-refractivity contribution in [2.24, 2.45) is 20.0 Å². The van der Waals surface area contributed by atoms with Gasteiger partial charge in [0, 0.05) is 50.7 Å². The number of piperidine rings is 1. The number of rotatable bonds is 7. The van der Waals surface area contributed by atoms with E-state index in [0.29, 0.717) is 37.7 Å². The number of fused-ring (bicyclic) bond motifs is 1. The van der Waals surface area contributed by atoms with Crippen LogP contribution in [0.25, 0.3) is 10.9 Å². The molecule has 0 bridgehead atoms. The van der Waals surface area contributed by atoms with E-state index in [4.69, 9.17) is 4.74 Å². The number of amides is 1. The molecule has 5 rings (SSSR count). The number of nitrogens with zero attached hydrogens (tertiary/aromatic N) is 5. The van der Waals surface area contributed by atoms with Gasteiger partial charge in [-0.1, -0.05) is 6.07 Å². The van der Waals surface area contributed by atoms with Crippen LogP contribution in [0, 0.1) is 5.92 Å². The summed E-state index contributed by atoms with van der Waals surface area (Å²) in [6, 6.07) is 8.07. The molecule has 1 amide bonds. The Morgan fingerprint density at radius 1 is 1.08 bits per heavy atom. The molecule has 1 saturated heterocycles. The summed E-state index contributed by atoms with van der Waals surface area (Å²) < 4.78 is 36.6. The number of carbonyl (C=O) groups is 1. The first-order valence-corrected chi connectivity index (χ1v) is 14.8. The Morgan fingerprint density at radius 2 is 1.86 bits per heavy atom. The number of aromatic nitrogens is 4. The number of hydrogen-bond donors (Lipinski definition) is 1. The zero-order chi connectivity index (χ0) is 26.2. The minimum absolute atomic E-state index is 0.0890. The van der Waals surface area contributed by atoms with Gasteiger partial charge in [-0.25, -0.2) is 13.1 Å². The number of sulfonamides is 1. The molecule has 0 radical (unpaired) electrons. The maximum absolute atomic E-state index is 13.1. The van der Waals surface area contributed by atoms with Crippen LogP contribution in [0.1, 0.15) is 54.1 Å². The van der Waals surface area contributed by atoms with Gasteiger partial charge in [0.25, 0.3) is 5.91 Å². The number of benzene rings is 1. The molecule has 2 unspecified atom stereocenters. The van der Waals surface area contributed by atoms with E-state index < -0.39 is 10.0 Å². The van der Waals surface area contributed by atoms with Gasteiger partial charge in [-0.05, 0) is 61.8 Å². The Labute approximate surface area is 218 Å². The average molecular weight is 529 g/mol. The molecule has 0 spiro atoms. The van der Waals surface area contributed by atoms with Crippen molar-refractivity contribution in [1.82, 2.24) is 29.2 Å². The van der Waals surface area contributed by atoms with Crippen molar-refractivity contribution in [1.29, 1.82) is 0 Å². The summed E-state index contributed by atoms with van der Waals surface area (Å²) in [6.07, 6.45) is 9.43. The van der Waals surface area contributed by atoms with E-state index in [1.165, 1.54) is 17.2 Å². The quantitative estimate of drug-likeness (QED) is 0.504. The minimum atomic E-state index is -3.37. The Kier molecular flexibility index (Phi) is 7.37. The normalized spacial score (nSPS) is 25.0. The molecule has 2 aliphatic rings. The van der Waals surface area contributed by atoms with Gasteiger partial charge in [-0.2, -0.15) is 10.2 Å². The second-order valence-corrected chi connectivity index (χ2v) is 12.3. The molecule has 1 aliphatic heterocycles. The molecule has 3 aromatic rings. The van der Waals surface area contributed by atoms with Crippen molar-refractivity contribution < 1.29 is 17.9 Å². The molecule has 2 fully saturated rings. The smallest absolute Gasteiger partial charge is 0.272 e. The third-order valence-electron chi connectivity index (χ3n) is 7.89. The highest BCUT2D eigenvalue weighted by Crippen LogP contribution is 2.35. The lowest BCUT2D eigenvalue weighted by Gasteiger charge is -2.39. The highest BCUT2D eigenvalue weighted by atomic mass is 32.2. The zero-order valence-electron chi connectivity index (χ0n) is 21.7. The lowest BCUT2D eigenvalue weighted by Crippen LogP contribution is -2.54. The maximum Gasteiger partial charge on any atom is 0.272 e. The van der Waals surface area contributed by atoms with E-state index in [1.807, 2.05) is 17.9 Å². The molecule has 11 heteroatoms. The van der Waals surface area contributed by atoms with E-state index in [1.54, 1.807) is 28.9 Å². The van der Waals surface area contributed by atoms with Crippen LogP contribution in [-0.2, 0) is 28.9 Å². The second-order valence-electron chi connectivity index (χ2n) is 10.5. The molecule has 1 aliphatic carbocycles. The van der Waals surface area contributed by atoms with Crippen LogP contribution >= 0.6 is 0 Å². The van der Waals surface area contributed by atoms with Gasteiger partial charge >= 0.3 is 0 Å². The van der Waals surface area contributed by atoms with E-state index in [0.717, 1.165) is 31.2 Å². The fourth-order valence-electron chi connectivity index (χ4n) is 5.82. The maximum atomic E-state index is 13.1. The lowest BCUT2D eigenvalue weighted by molar-refractivity contribution is -0.0150. The predicted octanol–water partition coefficient (Wildman–Crippen LogP) is 2.43. The van der Waals surface area contributed by atoms with Crippen molar-refractivity contribution >= 4 is 26.8 Å². The van der Waals surface area contributed by atoms with Crippen LogP contribution in [0.4, 0.5) is 0 Å². The molecule has 37 heavy (non-hydrogen) atoms. The Morgan fingerprint density at radius 3 is 2.57 bits per heavy atom. The second kappa shape index (κ2) is 10.5. The number of nitrogens with one attached hydrogen (secondary N) is 1. The van der Waals surface area contributed by atoms with Gasteiger partial charge in [-0.15, -0.1) is 0 Å². The van der Waals surface area contributed by atoms with Crippen LogP contribution in [-0.4, -0.2) is 76.9 Å². The minimum Gasteiger partial charge on any atom is -0.378 e. The summed E-state index contributed by atoms with van der Waals surface area (Å²) >= 11 is 0. The van der Waals surface area contributed by atoms with Crippen molar-refractivity contribution in [3.63, 3.8) is 0 Å². The van der Waals surface area contributed by atoms with Gasteiger partial charge in [0.05, 0.1) is 30.7 Å². The summed E-state index contributed by atoms with van der Waals surface area (Å²) in [5.74, 6) is 0.297. The monoisotopic (exact) mass is 528 g/mol. The number of likely N-dealkylation sites (tertiary alicyclic amines) is 1. The Hall–Kier alpha value is -2.76. The highest BCUT2D eigenvalue weighted by Gasteiger charge is 2.35. The number of hydrogen-bond acceptors (Lipinski definition) is 6. The topological polar surface area (TPSA) is 111 Å². The van der Waals surface area contributed by atoms with Crippen molar-refractivity contribution in [3.8, 4) is 0 Å². The van der Waals surface area contributed by atoms with E-state index in [-0.39, 0.29) is 24.0 Å². The lowest BCUT2D eigenvalue weighted by atomic mass is 9.82. The van der Waals surface area contributed by atoms with E-state index in [9.17, 15) is 13.2 Å².